The highest BCUT2D eigenvalue weighted by Crippen LogP contribution is 2.26. The maximum atomic E-state index is 12.9. The SMILES string of the molecule is O=C(COc1ccccc1)N1CCNC[C@@H]1c1nc(-c2ccc(N3CCOCC3)cc2)no1. The molecule has 2 aliphatic rings. The number of ether oxygens (including phenoxy) is 2. The first kappa shape index (κ1) is 21.4. The summed E-state index contributed by atoms with van der Waals surface area (Å²) in [6, 6.07) is 17.1. The molecule has 2 fully saturated rings. The number of anilines is 1. The van der Waals surface area contributed by atoms with Gasteiger partial charge < -0.3 is 29.1 Å². The van der Waals surface area contributed by atoms with Gasteiger partial charge in [0.1, 0.15) is 11.8 Å². The monoisotopic (exact) mass is 449 g/mol. The number of para-hydroxylation sites is 1. The molecule has 1 aromatic heterocycles. The molecular formula is C24H27N5O4. The number of aromatic nitrogens is 2. The number of benzene rings is 2. The third-order valence-electron chi connectivity index (χ3n) is 5.90. The Morgan fingerprint density at radius 1 is 1.06 bits per heavy atom. The van der Waals surface area contributed by atoms with Crippen LogP contribution in [0.2, 0.25) is 0 Å². The Kier molecular flexibility index (Phi) is 6.50. The number of rotatable bonds is 6. The molecule has 1 atom stereocenters. The van der Waals surface area contributed by atoms with Gasteiger partial charge in [-0.1, -0.05) is 23.4 Å². The van der Waals surface area contributed by atoms with E-state index >= 15 is 0 Å². The number of carbonyl (C=O) groups excluding carboxylic acids is 1. The first-order chi connectivity index (χ1) is 16.3. The van der Waals surface area contributed by atoms with Crippen LogP contribution in [0, 0.1) is 0 Å². The molecule has 2 saturated heterocycles. The fraction of sp³-hybridized carbons (Fsp3) is 0.375. The van der Waals surface area contributed by atoms with Gasteiger partial charge in [-0.05, 0) is 36.4 Å². The average Bonchev–Trinajstić information content (AvgIpc) is 3.39. The first-order valence-electron chi connectivity index (χ1n) is 11.2. The highest BCUT2D eigenvalue weighted by atomic mass is 16.5. The molecule has 2 aromatic carbocycles. The van der Waals surface area contributed by atoms with Crippen molar-refractivity contribution >= 4 is 11.6 Å². The Balaban J connectivity index is 1.26. The van der Waals surface area contributed by atoms with Crippen LogP contribution in [0.3, 0.4) is 0 Å². The van der Waals surface area contributed by atoms with Gasteiger partial charge in [-0.25, -0.2) is 0 Å². The van der Waals surface area contributed by atoms with Crippen molar-refractivity contribution in [3.63, 3.8) is 0 Å². The number of amides is 1. The van der Waals surface area contributed by atoms with Crippen molar-refractivity contribution in [1.82, 2.24) is 20.4 Å². The van der Waals surface area contributed by atoms with Gasteiger partial charge in [-0.3, -0.25) is 4.79 Å². The van der Waals surface area contributed by atoms with Crippen molar-refractivity contribution in [2.24, 2.45) is 0 Å². The van der Waals surface area contributed by atoms with E-state index in [0.717, 1.165) is 37.6 Å². The second-order valence-electron chi connectivity index (χ2n) is 8.01. The summed E-state index contributed by atoms with van der Waals surface area (Å²) in [5, 5.41) is 7.48. The minimum Gasteiger partial charge on any atom is -0.484 e. The summed E-state index contributed by atoms with van der Waals surface area (Å²) in [6.45, 7) is 5.04. The molecule has 1 amide bonds. The molecule has 9 nitrogen and oxygen atoms in total. The van der Waals surface area contributed by atoms with E-state index in [-0.39, 0.29) is 18.6 Å². The van der Waals surface area contributed by atoms with Gasteiger partial charge in [0.25, 0.3) is 11.8 Å². The van der Waals surface area contributed by atoms with Gasteiger partial charge in [-0.15, -0.1) is 0 Å². The zero-order valence-electron chi connectivity index (χ0n) is 18.4. The third-order valence-corrected chi connectivity index (χ3v) is 5.90. The smallest absolute Gasteiger partial charge is 0.261 e. The minimum absolute atomic E-state index is 0.0372. The number of nitrogens with one attached hydrogen (secondary N) is 1. The van der Waals surface area contributed by atoms with Crippen molar-refractivity contribution in [2.75, 3.05) is 57.4 Å². The van der Waals surface area contributed by atoms with E-state index in [2.05, 4.69) is 32.5 Å². The average molecular weight is 450 g/mol. The summed E-state index contributed by atoms with van der Waals surface area (Å²) in [5.74, 6) is 1.48. The molecule has 0 saturated carbocycles. The molecule has 0 radical (unpaired) electrons. The summed E-state index contributed by atoms with van der Waals surface area (Å²) in [6.07, 6.45) is 0. The van der Waals surface area contributed by atoms with E-state index in [1.54, 1.807) is 4.90 Å². The highest BCUT2D eigenvalue weighted by Gasteiger charge is 2.32. The Labute approximate surface area is 192 Å². The van der Waals surface area contributed by atoms with Gasteiger partial charge >= 0.3 is 0 Å². The number of piperazine rings is 1. The molecule has 3 heterocycles. The largest absolute Gasteiger partial charge is 0.484 e. The molecule has 0 bridgehead atoms. The molecule has 0 spiro atoms. The number of hydrogen-bond donors (Lipinski definition) is 1. The van der Waals surface area contributed by atoms with E-state index in [9.17, 15) is 4.79 Å². The highest BCUT2D eigenvalue weighted by molar-refractivity contribution is 5.78. The molecule has 33 heavy (non-hydrogen) atoms. The lowest BCUT2D eigenvalue weighted by atomic mass is 10.1. The second kappa shape index (κ2) is 10.0. The van der Waals surface area contributed by atoms with E-state index in [1.807, 2.05) is 42.5 Å². The Morgan fingerprint density at radius 2 is 1.85 bits per heavy atom. The molecule has 0 unspecified atom stereocenters. The van der Waals surface area contributed by atoms with Crippen LogP contribution in [0.1, 0.15) is 11.9 Å². The lowest BCUT2D eigenvalue weighted by Gasteiger charge is -2.33. The maximum absolute atomic E-state index is 12.9. The zero-order chi connectivity index (χ0) is 22.5. The summed E-state index contributed by atoms with van der Waals surface area (Å²) >= 11 is 0. The van der Waals surface area contributed by atoms with Crippen LogP contribution in [0.25, 0.3) is 11.4 Å². The maximum Gasteiger partial charge on any atom is 0.261 e. The van der Waals surface area contributed by atoms with Crippen molar-refractivity contribution < 1.29 is 18.8 Å². The van der Waals surface area contributed by atoms with Gasteiger partial charge in [0.05, 0.1) is 13.2 Å². The number of carbonyl (C=O) groups is 1. The van der Waals surface area contributed by atoms with Crippen molar-refractivity contribution in [3.05, 3.63) is 60.5 Å². The van der Waals surface area contributed by atoms with Gasteiger partial charge in [0.15, 0.2) is 6.61 Å². The molecule has 0 aliphatic carbocycles. The Bertz CT molecular complexity index is 1050. The quantitative estimate of drug-likeness (QED) is 0.612. The van der Waals surface area contributed by atoms with Crippen LogP contribution >= 0.6 is 0 Å². The number of nitrogens with zero attached hydrogens (tertiary/aromatic N) is 4. The molecule has 3 aromatic rings. The molecule has 9 heteroatoms. The minimum atomic E-state index is -0.334. The van der Waals surface area contributed by atoms with E-state index in [0.29, 0.717) is 37.1 Å². The normalized spacial score (nSPS) is 18.8. The molecule has 172 valence electrons. The van der Waals surface area contributed by atoms with Crippen molar-refractivity contribution in [2.45, 2.75) is 6.04 Å². The first-order valence-corrected chi connectivity index (χ1v) is 11.2. The fourth-order valence-corrected chi connectivity index (χ4v) is 4.10. The third kappa shape index (κ3) is 4.99. The second-order valence-corrected chi connectivity index (χ2v) is 8.01. The molecule has 5 rings (SSSR count). The molecular weight excluding hydrogens is 422 g/mol. The predicted molar refractivity (Wildman–Crippen MR) is 122 cm³/mol. The van der Waals surface area contributed by atoms with Crippen LogP contribution in [0.5, 0.6) is 5.75 Å². The number of morpholine rings is 1. The Morgan fingerprint density at radius 3 is 2.64 bits per heavy atom. The van der Waals surface area contributed by atoms with Crippen LogP contribution in [0.15, 0.2) is 59.1 Å². The van der Waals surface area contributed by atoms with Crippen molar-refractivity contribution in [1.29, 1.82) is 0 Å². The summed E-state index contributed by atoms with van der Waals surface area (Å²) < 4.78 is 16.7. The predicted octanol–water partition coefficient (Wildman–Crippen LogP) is 2.13. The molecule has 1 N–H and O–H groups in total. The van der Waals surface area contributed by atoms with Crippen LogP contribution < -0.4 is 15.0 Å². The lowest BCUT2D eigenvalue weighted by Crippen LogP contribution is -2.50. The topological polar surface area (TPSA) is 93.0 Å². The van der Waals surface area contributed by atoms with E-state index < -0.39 is 0 Å². The standard InChI is InChI=1S/C24H27N5O4/c30-22(17-32-20-4-2-1-3-5-20)29-11-10-25-16-21(29)24-26-23(27-33-24)18-6-8-19(9-7-18)28-12-14-31-15-13-28/h1-9,21,25H,10-17H2/t21-/m1/s1. The van der Waals surface area contributed by atoms with Crippen molar-refractivity contribution in [3.8, 4) is 17.1 Å². The van der Waals surface area contributed by atoms with Gasteiger partial charge in [0, 0.05) is 44.0 Å². The van der Waals surface area contributed by atoms with Crippen LogP contribution in [-0.2, 0) is 9.53 Å². The summed E-state index contributed by atoms with van der Waals surface area (Å²) in [5.41, 5.74) is 2.02. The van der Waals surface area contributed by atoms with E-state index in [4.69, 9.17) is 14.0 Å². The summed E-state index contributed by atoms with van der Waals surface area (Å²) in [4.78, 5) is 21.5. The van der Waals surface area contributed by atoms with E-state index in [1.165, 1.54) is 0 Å². The number of hydrogen-bond acceptors (Lipinski definition) is 8. The fourth-order valence-electron chi connectivity index (χ4n) is 4.10. The van der Waals surface area contributed by atoms with Gasteiger partial charge in [0.2, 0.25) is 5.82 Å². The van der Waals surface area contributed by atoms with Crippen LogP contribution in [-0.4, -0.2) is 73.5 Å². The van der Waals surface area contributed by atoms with Gasteiger partial charge in [-0.2, -0.15) is 4.98 Å². The lowest BCUT2D eigenvalue weighted by molar-refractivity contribution is -0.137. The van der Waals surface area contributed by atoms with Crippen LogP contribution in [0.4, 0.5) is 5.69 Å². The summed E-state index contributed by atoms with van der Waals surface area (Å²) in [7, 11) is 0. The zero-order valence-corrected chi connectivity index (χ0v) is 18.4. The Hall–Kier alpha value is -3.43. The molecule has 2 aliphatic heterocycles.